The molecule has 1 atom stereocenters. The van der Waals surface area contributed by atoms with Crippen molar-refractivity contribution in [1.29, 1.82) is 0 Å². The number of carboxylic acids is 1. The first-order valence-corrected chi connectivity index (χ1v) is 7.27. The molecule has 2 rings (SSSR count). The monoisotopic (exact) mass is 308 g/mol. The Hall–Kier alpha value is -1.99. The lowest BCUT2D eigenvalue weighted by Gasteiger charge is -2.18. The van der Waals surface area contributed by atoms with Crippen LogP contribution < -0.4 is 5.32 Å². The third-order valence-electron chi connectivity index (χ3n) is 2.99. The lowest BCUT2D eigenvalue weighted by molar-refractivity contribution is -0.156. The second kappa shape index (κ2) is 6.19. The van der Waals surface area contributed by atoms with Crippen molar-refractivity contribution in [2.45, 2.75) is 25.4 Å². The van der Waals surface area contributed by atoms with Gasteiger partial charge in [-0.15, -0.1) is 11.3 Å². The molecule has 1 heterocycles. The molecule has 1 unspecified atom stereocenters. The molecule has 2 aromatic rings. The lowest BCUT2D eigenvalue weighted by atomic mass is 10.1. The Morgan fingerprint density at radius 3 is 2.76 bits per heavy atom. The Labute approximate surface area is 125 Å². The zero-order chi connectivity index (χ0) is 15.5. The van der Waals surface area contributed by atoms with Gasteiger partial charge in [0.15, 0.2) is 5.60 Å². The Morgan fingerprint density at radius 2 is 2.10 bits per heavy atom. The highest BCUT2D eigenvalue weighted by Crippen LogP contribution is 2.22. The molecule has 0 aliphatic rings. The molecule has 0 spiro atoms. The van der Waals surface area contributed by atoms with Gasteiger partial charge in [0.2, 0.25) is 5.91 Å². The number of aromatic nitrogens is 1. The second-order valence-corrected chi connectivity index (χ2v) is 6.05. The summed E-state index contributed by atoms with van der Waals surface area (Å²) in [6, 6.07) is 7.73. The Balaban J connectivity index is 1.85. The fourth-order valence-corrected chi connectivity index (χ4v) is 2.65. The van der Waals surface area contributed by atoms with E-state index in [9.17, 15) is 14.7 Å². The Kier molecular flexibility index (Phi) is 4.54. The van der Waals surface area contributed by atoms with Gasteiger partial charge >= 0.3 is 5.97 Å². The minimum atomic E-state index is -1.95. The highest BCUT2D eigenvalue weighted by molar-refractivity contribution is 7.18. The summed E-state index contributed by atoms with van der Waals surface area (Å²) in [4.78, 5) is 26.8. The van der Waals surface area contributed by atoms with Crippen LogP contribution in [0.15, 0.2) is 24.3 Å². The standard InChI is InChI=1S/C14H16N2O4S/c1-14(20,13(18)19)8-15-11(17)6-7-12-16-9-4-2-3-5-10(9)21-12/h2-5,20H,6-8H2,1H3,(H,15,17)(H,18,19). The number of carbonyl (C=O) groups is 2. The summed E-state index contributed by atoms with van der Waals surface area (Å²) in [5, 5.41) is 21.5. The van der Waals surface area contributed by atoms with Crippen molar-refractivity contribution in [2.75, 3.05) is 6.54 Å². The number of carboxylic acid groups (broad SMARTS) is 1. The summed E-state index contributed by atoms with van der Waals surface area (Å²) in [5.74, 6) is -1.68. The van der Waals surface area contributed by atoms with Gasteiger partial charge in [-0.05, 0) is 19.1 Å². The van der Waals surface area contributed by atoms with E-state index < -0.39 is 11.6 Å². The largest absolute Gasteiger partial charge is 0.479 e. The average Bonchev–Trinajstić information content (AvgIpc) is 2.85. The molecule has 0 aliphatic heterocycles. The van der Waals surface area contributed by atoms with Gasteiger partial charge in [-0.1, -0.05) is 12.1 Å². The van der Waals surface area contributed by atoms with Crippen molar-refractivity contribution >= 4 is 33.4 Å². The van der Waals surface area contributed by atoms with E-state index in [2.05, 4.69) is 10.3 Å². The van der Waals surface area contributed by atoms with Crippen molar-refractivity contribution in [2.24, 2.45) is 0 Å². The topological polar surface area (TPSA) is 99.5 Å². The predicted molar refractivity (Wildman–Crippen MR) is 79.2 cm³/mol. The fourth-order valence-electron chi connectivity index (χ4n) is 1.68. The third kappa shape index (κ3) is 3.99. The maximum absolute atomic E-state index is 11.7. The quantitative estimate of drug-likeness (QED) is 0.744. The number of amides is 1. The summed E-state index contributed by atoms with van der Waals surface area (Å²) in [5.41, 5.74) is -1.04. The van der Waals surface area contributed by atoms with Crippen LogP contribution in [0.3, 0.4) is 0 Å². The van der Waals surface area contributed by atoms with Gasteiger partial charge in [-0.2, -0.15) is 0 Å². The molecule has 21 heavy (non-hydrogen) atoms. The molecule has 0 saturated heterocycles. The van der Waals surface area contributed by atoms with Crippen molar-refractivity contribution in [3.63, 3.8) is 0 Å². The van der Waals surface area contributed by atoms with Crippen LogP contribution >= 0.6 is 11.3 Å². The minimum absolute atomic E-state index is 0.204. The van der Waals surface area contributed by atoms with E-state index in [0.717, 1.165) is 22.1 Å². The molecule has 0 fully saturated rings. The zero-order valence-corrected chi connectivity index (χ0v) is 12.3. The number of fused-ring (bicyclic) bond motifs is 1. The van der Waals surface area contributed by atoms with E-state index in [-0.39, 0.29) is 18.9 Å². The molecule has 1 aromatic heterocycles. The number of carbonyl (C=O) groups excluding carboxylic acids is 1. The van der Waals surface area contributed by atoms with E-state index in [1.807, 2.05) is 24.3 Å². The molecule has 0 aliphatic carbocycles. The minimum Gasteiger partial charge on any atom is -0.479 e. The number of thiazole rings is 1. The molecule has 0 bridgehead atoms. The lowest BCUT2D eigenvalue weighted by Crippen LogP contribution is -2.46. The number of hydrogen-bond donors (Lipinski definition) is 3. The zero-order valence-electron chi connectivity index (χ0n) is 11.5. The Bertz CT molecular complexity index is 633. The third-order valence-corrected chi connectivity index (χ3v) is 4.09. The van der Waals surface area contributed by atoms with Gasteiger partial charge in [-0.3, -0.25) is 4.79 Å². The molecule has 0 radical (unpaired) electrons. The normalized spacial score (nSPS) is 13.8. The maximum atomic E-state index is 11.7. The Morgan fingerprint density at radius 1 is 1.38 bits per heavy atom. The smallest absolute Gasteiger partial charge is 0.337 e. The van der Waals surface area contributed by atoms with Crippen LogP contribution in [0, 0.1) is 0 Å². The fraction of sp³-hybridized carbons (Fsp3) is 0.357. The van der Waals surface area contributed by atoms with Crippen molar-refractivity contribution in [3.05, 3.63) is 29.3 Å². The number of nitrogens with one attached hydrogen (secondary N) is 1. The van der Waals surface area contributed by atoms with Crippen LogP contribution in [0.5, 0.6) is 0 Å². The van der Waals surface area contributed by atoms with Gasteiger partial charge in [0.25, 0.3) is 0 Å². The van der Waals surface area contributed by atoms with Crippen LogP contribution in [0.1, 0.15) is 18.4 Å². The van der Waals surface area contributed by atoms with Crippen molar-refractivity contribution < 1.29 is 19.8 Å². The summed E-state index contributed by atoms with van der Waals surface area (Å²) in [6.07, 6.45) is 0.690. The van der Waals surface area contributed by atoms with Crippen LogP contribution in [0.4, 0.5) is 0 Å². The number of benzene rings is 1. The van der Waals surface area contributed by atoms with Crippen LogP contribution in [0.2, 0.25) is 0 Å². The van der Waals surface area contributed by atoms with E-state index in [1.54, 1.807) is 0 Å². The molecule has 7 heteroatoms. The van der Waals surface area contributed by atoms with E-state index in [0.29, 0.717) is 6.42 Å². The van der Waals surface area contributed by atoms with Crippen molar-refractivity contribution in [3.8, 4) is 0 Å². The van der Waals surface area contributed by atoms with E-state index in [1.165, 1.54) is 11.3 Å². The summed E-state index contributed by atoms with van der Waals surface area (Å²) >= 11 is 1.53. The highest BCUT2D eigenvalue weighted by Gasteiger charge is 2.30. The SMILES string of the molecule is CC(O)(CNC(=O)CCc1nc2ccccc2s1)C(=O)O. The van der Waals surface area contributed by atoms with Gasteiger partial charge in [-0.25, -0.2) is 9.78 Å². The van der Waals surface area contributed by atoms with Gasteiger partial charge in [0.05, 0.1) is 21.8 Å². The van der Waals surface area contributed by atoms with Gasteiger partial charge < -0.3 is 15.5 Å². The summed E-state index contributed by atoms with van der Waals surface area (Å²) < 4.78 is 1.07. The van der Waals surface area contributed by atoms with E-state index in [4.69, 9.17) is 5.11 Å². The van der Waals surface area contributed by atoms with Gasteiger partial charge in [0.1, 0.15) is 0 Å². The molecule has 112 valence electrons. The van der Waals surface area contributed by atoms with Crippen LogP contribution in [-0.2, 0) is 16.0 Å². The first-order chi connectivity index (χ1) is 9.88. The molecule has 1 aromatic carbocycles. The summed E-state index contributed by atoms with van der Waals surface area (Å²) in [7, 11) is 0. The number of para-hydroxylation sites is 1. The number of nitrogens with zero attached hydrogens (tertiary/aromatic N) is 1. The first kappa shape index (κ1) is 15.4. The number of aliphatic carboxylic acids is 1. The molecule has 1 amide bonds. The maximum Gasteiger partial charge on any atom is 0.337 e. The molecule has 0 saturated carbocycles. The molecular formula is C14H16N2O4S. The first-order valence-electron chi connectivity index (χ1n) is 6.45. The van der Waals surface area contributed by atoms with Crippen LogP contribution in [0.25, 0.3) is 10.2 Å². The summed E-state index contributed by atoms with van der Waals surface area (Å²) in [6.45, 7) is 0.824. The molecule has 3 N–H and O–H groups in total. The molecule has 6 nitrogen and oxygen atoms in total. The number of aliphatic hydroxyl groups is 1. The average molecular weight is 308 g/mol. The predicted octanol–water partition coefficient (Wildman–Crippen LogP) is 1.18. The highest BCUT2D eigenvalue weighted by atomic mass is 32.1. The van der Waals surface area contributed by atoms with Crippen LogP contribution in [-0.4, -0.2) is 39.2 Å². The number of hydrogen-bond acceptors (Lipinski definition) is 5. The van der Waals surface area contributed by atoms with E-state index >= 15 is 0 Å². The number of aryl methyl sites for hydroxylation is 1. The van der Waals surface area contributed by atoms with Gasteiger partial charge in [0, 0.05) is 12.8 Å². The van der Waals surface area contributed by atoms with Crippen molar-refractivity contribution in [1.82, 2.24) is 10.3 Å². The number of rotatable bonds is 6. The second-order valence-electron chi connectivity index (χ2n) is 4.93. The molecular weight excluding hydrogens is 292 g/mol.